The topological polar surface area (TPSA) is 68.5 Å². The van der Waals surface area contributed by atoms with Gasteiger partial charge in [-0.25, -0.2) is 0 Å². The number of ether oxygens (including phenoxy) is 1. The molecule has 0 unspecified atom stereocenters. The molecule has 2 atom stereocenters. The van der Waals surface area contributed by atoms with Crippen molar-refractivity contribution >= 4 is 6.29 Å². The molecule has 2 aliphatic rings. The summed E-state index contributed by atoms with van der Waals surface area (Å²) in [6.07, 6.45) is 2.83. The summed E-state index contributed by atoms with van der Waals surface area (Å²) in [5.41, 5.74) is 0. The summed E-state index contributed by atoms with van der Waals surface area (Å²) in [5.74, 6) is 0.495. The lowest BCUT2D eigenvalue weighted by Gasteiger charge is -2.33. The Morgan fingerprint density at radius 2 is 2.44 bits per heavy atom. The highest BCUT2D eigenvalue weighted by Gasteiger charge is 2.34. The maximum Gasteiger partial charge on any atom is 0.290 e. The second kappa shape index (κ2) is 3.95. The summed E-state index contributed by atoms with van der Waals surface area (Å²) in [6.45, 7) is 2.63. The molecule has 0 radical (unpaired) electrons. The van der Waals surface area contributed by atoms with Crippen LogP contribution >= 0.6 is 0 Å². The lowest BCUT2D eigenvalue weighted by atomic mass is 10.2. The van der Waals surface area contributed by atoms with Gasteiger partial charge in [-0.15, -0.1) is 0 Å². The van der Waals surface area contributed by atoms with Gasteiger partial charge in [0.05, 0.1) is 6.61 Å². The van der Waals surface area contributed by atoms with E-state index in [-0.39, 0.29) is 12.0 Å². The third-order valence-corrected chi connectivity index (χ3v) is 3.24. The van der Waals surface area contributed by atoms with Crippen molar-refractivity contribution in [3.8, 4) is 0 Å². The number of fused-ring (bicyclic) bond motifs is 1. The van der Waals surface area contributed by atoms with E-state index in [1.165, 1.54) is 12.8 Å². The van der Waals surface area contributed by atoms with Crippen molar-refractivity contribution in [2.45, 2.75) is 25.0 Å². The molecule has 3 heterocycles. The summed E-state index contributed by atoms with van der Waals surface area (Å²) in [5, 5.41) is 3.76. The summed E-state index contributed by atoms with van der Waals surface area (Å²) in [6, 6.07) is 0.550. The van der Waals surface area contributed by atoms with Crippen LogP contribution < -0.4 is 0 Å². The minimum absolute atomic E-state index is 0.0159. The largest absolute Gasteiger partial charge is 0.367 e. The third kappa shape index (κ3) is 1.64. The van der Waals surface area contributed by atoms with Crippen molar-refractivity contribution in [2.24, 2.45) is 0 Å². The van der Waals surface area contributed by atoms with Gasteiger partial charge in [-0.2, -0.15) is 4.98 Å². The molecule has 1 aromatic rings. The minimum Gasteiger partial charge on any atom is -0.367 e. The molecule has 16 heavy (non-hydrogen) atoms. The minimum atomic E-state index is -0.160. The second-order valence-electron chi connectivity index (χ2n) is 4.22. The molecule has 0 aromatic carbocycles. The predicted molar refractivity (Wildman–Crippen MR) is 53.0 cm³/mol. The zero-order valence-electron chi connectivity index (χ0n) is 8.83. The Bertz CT molecular complexity index is 392. The quantitative estimate of drug-likeness (QED) is 0.677. The van der Waals surface area contributed by atoms with Gasteiger partial charge in [0.2, 0.25) is 12.1 Å². The van der Waals surface area contributed by atoms with Crippen LogP contribution in [0.1, 0.15) is 35.5 Å². The zero-order chi connectivity index (χ0) is 11.0. The lowest BCUT2D eigenvalue weighted by Crippen LogP contribution is -2.42. The maximum absolute atomic E-state index is 10.4. The zero-order valence-corrected chi connectivity index (χ0v) is 8.83. The highest BCUT2D eigenvalue weighted by molar-refractivity contribution is 5.66. The van der Waals surface area contributed by atoms with E-state index in [0.29, 0.717) is 18.2 Å². The number of carbonyl (C=O) groups is 1. The molecule has 0 spiro atoms. The van der Waals surface area contributed by atoms with Crippen LogP contribution in [0.3, 0.4) is 0 Å². The second-order valence-corrected chi connectivity index (χ2v) is 4.22. The molecular weight excluding hydrogens is 210 g/mol. The molecule has 0 aliphatic carbocycles. The van der Waals surface area contributed by atoms with Gasteiger partial charge >= 0.3 is 0 Å². The predicted octanol–water partition coefficient (Wildman–Crippen LogP) is 0.418. The molecule has 2 fully saturated rings. The molecule has 0 N–H and O–H groups in total. The van der Waals surface area contributed by atoms with Gasteiger partial charge in [0.25, 0.3) is 5.89 Å². The Morgan fingerprint density at radius 3 is 3.25 bits per heavy atom. The number of hydrogen-bond acceptors (Lipinski definition) is 6. The molecule has 86 valence electrons. The number of aldehydes is 1. The number of nitrogens with zero attached hydrogens (tertiary/aromatic N) is 3. The number of carbonyl (C=O) groups excluding carboxylic acids is 1. The van der Waals surface area contributed by atoms with Crippen LogP contribution in [0.15, 0.2) is 4.52 Å². The fraction of sp³-hybridized carbons (Fsp3) is 0.700. The molecule has 1 aromatic heterocycles. The highest BCUT2D eigenvalue weighted by atomic mass is 16.5. The molecule has 3 rings (SSSR count). The van der Waals surface area contributed by atoms with Crippen molar-refractivity contribution in [3.63, 3.8) is 0 Å². The molecule has 0 bridgehead atoms. The average Bonchev–Trinajstić information content (AvgIpc) is 2.96. The molecule has 2 aliphatic heterocycles. The standard InChI is InChI=1S/C10H13N3O3/c14-5-9-11-10(12-16-9)8-4-13-3-1-2-7(13)6-15-8/h5,7-8H,1-4,6H2/t7-,8+/m0/s1. The van der Waals surface area contributed by atoms with E-state index >= 15 is 0 Å². The van der Waals surface area contributed by atoms with Gasteiger partial charge < -0.3 is 9.26 Å². The SMILES string of the molecule is O=Cc1nc([C@H]2CN3CCC[C@H]3CO2)no1. The first-order chi connectivity index (χ1) is 7.86. The van der Waals surface area contributed by atoms with E-state index in [2.05, 4.69) is 15.0 Å². The molecule has 6 nitrogen and oxygen atoms in total. The van der Waals surface area contributed by atoms with Gasteiger partial charge in [-0.1, -0.05) is 5.16 Å². The summed E-state index contributed by atoms with van der Waals surface area (Å²) < 4.78 is 10.4. The van der Waals surface area contributed by atoms with Crippen LogP contribution in [0.2, 0.25) is 0 Å². The van der Waals surface area contributed by atoms with E-state index in [0.717, 1.165) is 19.7 Å². The number of hydrogen-bond donors (Lipinski definition) is 0. The van der Waals surface area contributed by atoms with Crippen molar-refractivity contribution in [1.29, 1.82) is 0 Å². The number of aromatic nitrogens is 2. The Kier molecular flexibility index (Phi) is 2.45. The Morgan fingerprint density at radius 1 is 1.50 bits per heavy atom. The summed E-state index contributed by atoms with van der Waals surface area (Å²) in [4.78, 5) is 16.8. The number of rotatable bonds is 2. The van der Waals surface area contributed by atoms with Crippen LogP contribution in [-0.4, -0.2) is 47.1 Å². The average molecular weight is 223 g/mol. The monoisotopic (exact) mass is 223 g/mol. The molecular formula is C10H13N3O3. The third-order valence-electron chi connectivity index (χ3n) is 3.24. The van der Waals surface area contributed by atoms with Crippen LogP contribution in [0.25, 0.3) is 0 Å². The molecule has 2 saturated heterocycles. The van der Waals surface area contributed by atoms with Crippen LogP contribution in [-0.2, 0) is 4.74 Å². The van der Waals surface area contributed by atoms with Gasteiger partial charge in [0.1, 0.15) is 6.10 Å². The maximum atomic E-state index is 10.4. The fourth-order valence-electron chi connectivity index (χ4n) is 2.40. The van der Waals surface area contributed by atoms with Gasteiger partial charge in [0, 0.05) is 12.6 Å². The normalized spacial score (nSPS) is 30.2. The number of morpholine rings is 1. The Balaban J connectivity index is 1.73. The first kappa shape index (κ1) is 9.92. The van der Waals surface area contributed by atoms with E-state index in [4.69, 9.17) is 9.26 Å². The van der Waals surface area contributed by atoms with E-state index in [9.17, 15) is 4.79 Å². The Labute approximate surface area is 92.6 Å². The smallest absolute Gasteiger partial charge is 0.290 e. The molecule has 0 amide bonds. The van der Waals surface area contributed by atoms with Crippen LogP contribution in [0, 0.1) is 0 Å². The van der Waals surface area contributed by atoms with Crippen LogP contribution in [0.4, 0.5) is 0 Å². The van der Waals surface area contributed by atoms with Crippen molar-refractivity contribution in [1.82, 2.24) is 15.0 Å². The first-order valence-electron chi connectivity index (χ1n) is 5.51. The Hall–Kier alpha value is -1.27. The molecule has 0 saturated carbocycles. The molecule has 6 heteroatoms. The van der Waals surface area contributed by atoms with Crippen LogP contribution in [0.5, 0.6) is 0 Å². The van der Waals surface area contributed by atoms with Crippen molar-refractivity contribution < 1.29 is 14.1 Å². The highest BCUT2D eigenvalue weighted by Crippen LogP contribution is 2.28. The first-order valence-corrected chi connectivity index (χ1v) is 5.51. The fourth-order valence-corrected chi connectivity index (χ4v) is 2.40. The van der Waals surface area contributed by atoms with Gasteiger partial charge in [-0.05, 0) is 19.4 Å². The van der Waals surface area contributed by atoms with E-state index in [1.807, 2.05) is 0 Å². The summed E-state index contributed by atoms with van der Waals surface area (Å²) in [7, 11) is 0. The van der Waals surface area contributed by atoms with E-state index in [1.54, 1.807) is 0 Å². The van der Waals surface area contributed by atoms with E-state index < -0.39 is 0 Å². The summed E-state index contributed by atoms with van der Waals surface area (Å²) >= 11 is 0. The van der Waals surface area contributed by atoms with Gasteiger partial charge in [-0.3, -0.25) is 9.69 Å². The van der Waals surface area contributed by atoms with Crippen molar-refractivity contribution in [2.75, 3.05) is 19.7 Å². The van der Waals surface area contributed by atoms with Crippen molar-refractivity contribution in [3.05, 3.63) is 11.7 Å². The van der Waals surface area contributed by atoms with Gasteiger partial charge in [0.15, 0.2) is 0 Å². The lowest BCUT2D eigenvalue weighted by molar-refractivity contribution is -0.0548.